The predicted octanol–water partition coefficient (Wildman–Crippen LogP) is 4.39. The van der Waals surface area contributed by atoms with Gasteiger partial charge in [-0.2, -0.15) is 0 Å². The predicted molar refractivity (Wildman–Crippen MR) is 90.4 cm³/mol. The third-order valence-corrected chi connectivity index (χ3v) is 6.51. The molecule has 100 valence electrons. The van der Waals surface area contributed by atoms with Gasteiger partial charge in [0.15, 0.2) is 0 Å². The molecule has 1 heteroatoms. The molecule has 0 aliphatic heterocycles. The van der Waals surface area contributed by atoms with Crippen LogP contribution in [-0.2, 0) is 0 Å². The van der Waals surface area contributed by atoms with E-state index in [9.17, 15) is 0 Å². The molecule has 0 heterocycles. The van der Waals surface area contributed by atoms with Crippen molar-refractivity contribution in [2.75, 3.05) is 0 Å². The highest BCUT2D eigenvalue weighted by molar-refractivity contribution is 7.74. The molecule has 1 unspecified atom stereocenters. The number of hydrogen-bond acceptors (Lipinski definition) is 0. The third-order valence-electron chi connectivity index (χ3n) is 3.74. The van der Waals surface area contributed by atoms with E-state index in [1.807, 2.05) is 0 Å². The van der Waals surface area contributed by atoms with Crippen molar-refractivity contribution < 1.29 is 0 Å². The van der Waals surface area contributed by atoms with E-state index in [2.05, 4.69) is 85.8 Å². The first kappa shape index (κ1) is 13.3. The molecule has 0 N–H and O–H groups in total. The third kappa shape index (κ3) is 2.62. The summed E-state index contributed by atoms with van der Waals surface area (Å²) < 4.78 is 0. The molecule has 0 fully saturated rings. The Morgan fingerprint density at radius 2 is 1.40 bits per heavy atom. The smallest absolute Gasteiger partial charge is 0.0266 e. The molecule has 0 nitrogen and oxygen atoms in total. The normalized spacial score (nSPS) is 17.5. The number of hydrogen-bond donors (Lipinski definition) is 0. The van der Waals surface area contributed by atoms with Crippen LogP contribution in [0.4, 0.5) is 0 Å². The van der Waals surface area contributed by atoms with Gasteiger partial charge in [-0.15, -0.1) is 0 Å². The maximum absolute atomic E-state index is 2.38. The van der Waals surface area contributed by atoms with Crippen molar-refractivity contribution >= 4 is 18.5 Å². The molecular weight excluding hydrogens is 259 g/mol. The zero-order chi connectivity index (χ0) is 13.8. The minimum Gasteiger partial charge on any atom is -0.0725 e. The van der Waals surface area contributed by atoms with Gasteiger partial charge in [-0.05, 0) is 25.0 Å². The zero-order valence-electron chi connectivity index (χ0n) is 11.7. The van der Waals surface area contributed by atoms with Crippen LogP contribution in [0.2, 0.25) is 0 Å². The first-order valence-electron chi connectivity index (χ1n) is 7.16. The van der Waals surface area contributed by atoms with Crippen LogP contribution in [-0.4, -0.2) is 5.66 Å². The second-order valence-corrected chi connectivity index (χ2v) is 7.30. The van der Waals surface area contributed by atoms with Crippen LogP contribution in [0.25, 0.3) is 0 Å². The summed E-state index contributed by atoms with van der Waals surface area (Å²) in [5.74, 6) is 0. The maximum Gasteiger partial charge on any atom is 0.0266 e. The van der Waals surface area contributed by atoms with Crippen molar-refractivity contribution in [1.29, 1.82) is 0 Å². The van der Waals surface area contributed by atoms with Gasteiger partial charge in [-0.1, -0.05) is 91.4 Å². The summed E-state index contributed by atoms with van der Waals surface area (Å²) in [5, 5.41) is 2.93. The highest BCUT2D eigenvalue weighted by Gasteiger charge is 2.26. The van der Waals surface area contributed by atoms with Crippen LogP contribution in [0.5, 0.6) is 0 Å². The summed E-state index contributed by atoms with van der Waals surface area (Å²) in [6.07, 6.45) is 8.04. The summed E-state index contributed by atoms with van der Waals surface area (Å²) >= 11 is 0. The number of benzene rings is 2. The van der Waals surface area contributed by atoms with Gasteiger partial charge in [0.05, 0.1) is 0 Å². The lowest BCUT2D eigenvalue weighted by Crippen LogP contribution is -2.20. The van der Waals surface area contributed by atoms with Gasteiger partial charge >= 0.3 is 0 Å². The van der Waals surface area contributed by atoms with Crippen LogP contribution in [0, 0.1) is 0 Å². The Balaban J connectivity index is 2.05. The number of allylic oxidation sites excluding steroid dienone is 4. The van der Waals surface area contributed by atoms with Crippen LogP contribution in [0.15, 0.2) is 84.5 Å². The average molecular weight is 278 g/mol. The highest BCUT2D eigenvalue weighted by atomic mass is 31.1. The second kappa shape index (κ2) is 6.20. The molecule has 2 aromatic carbocycles. The lowest BCUT2D eigenvalue weighted by Gasteiger charge is -2.26. The van der Waals surface area contributed by atoms with Crippen molar-refractivity contribution in [1.82, 2.24) is 0 Å². The topological polar surface area (TPSA) is 0 Å². The van der Waals surface area contributed by atoms with E-state index in [4.69, 9.17) is 0 Å². The van der Waals surface area contributed by atoms with Gasteiger partial charge < -0.3 is 0 Å². The Kier molecular flexibility index (Phi) is 4.14. The van der Waals surface area contributed by atoms with E-state index in [0.717, 1.165) is 6.42 Å². The molecular formula is C19H19P. The van der Waals surface area contributed by atoms with E-state index in [-0.39, 0.29) is 7.92 Å². The van der Waals surface area contributed by atoms with E-state index < -0.39 is 0 Å². The van der Waals surface area contributed by atoms with Crippen molar-refractivity contribution in [3.8, 4) is 0 Å². The largest absolute Gasteiger partial charge is 0.0725 e. The highest BCUT2D eigenvalue weighted by Crippen LogP contribution is 2.46. The van der Waals surface area contributed by atoms with Crippen molar-refractivity contribution in [2.45, 2.75) is 19.0 Å². The van der Waals surface area contributed by atoms with Crippen molar-refractivity contribution in [2.24, 2.45) is 0 Å². The summed E-state index contributed by atoms with van der Waals surface area (Å²) in [5.41, 5.74) is 2.11. The fraction of sp³-hybridized carbons (Fsp3) is 0.158. The second-order valence-electron chi connectivity index (χ2n) is 4.97. The van der Waals surface area contributed by atoms with Crippen LogP contribution in [0.3, 0.4) is 0 Å². The summed E-state index contributed by atoms with van der Waals surface area (Å²) in [6.45, 7) is 2.26. The van der Waals surface area contributed by atoms with E-state index >= 15 is 0 Å². The van der Waals surface area contributed by atoms with Gasteiger partial charge in [0.1, 0.15) is 0 Å². The molecule has 3 rings (SSSR count). The Hall–Kier alpha value is -1.65. The average Bonchev–Trinajstić information content (AvgIpc) is 2.98. The maximum atomic E-state index is 2.38. The first-order chi connectivity index (χ1) is 9.90. The molecule has 1 aliphatic rings. The van der Waals surface area contributed by atoms with Gasteiger partial charge in [0, 0.05) is 5.66 Å². The monoisotopic (exact) mass is 278 g/mol. The SMILES string of the molecule is CCC1=CC=CC1P(c1ccccc1)c1ccccc1. The molecule has 0 aromatic heterocycles. The molecule has 0 bridgehead atoms. The molecule has 2 aromatic rings. The molecule has 0 saturated carbocycles. The Bertz CT molecular complexity index is 571. The standard InChI is InChI=1S/C19H19P/c1-2-16-10-9-15-19(16)20(17-11-5-3-6-12-17)18-13-7-4-8-14-18/h3-15,19H,2H2,1H3. The van der Waals surface area contributed by atoms with Gasteiger partial charge in [-0.3, -0.25) is 0 Å². The van der Waals surface area contributed by atoms with E-state index in [1.165, 1.54) is 10.6 Å². The van der Waals surface area contributed by atoms with Gasteiger partial charge in [0.2, 0.25) is 0 Å². The molecule has 0 spiro atoms. The first-order valence-corrected chi connectivity index (χ1v) is 8.58. The van der Waals surface area contributed by atoms with Gasteiger partial charge in [0.25, 0.3) is 0 Å². The molecule has 0 amide bonds. The molecule has 20 heavy (non-hydrogen) atoms. The van der Waals surface area contributed by atoms with E-state index in [0.29, 0.717) is 5.66 Å². The summed E-state index contributed by atoms with van der Waals surface area (Å²) in [7, 11) is -0.352. The van der Waals surface area contributed by atoms with Crippen LogP contribution >= 0.6 is 7.92 Å². The van der Waals surface area contributed by atoms with Crippen molar-refractivity contribution in [3.63, 3.8) is 0 Å². The minimum absolute atomic E-state index is 0.352. The van der Waals surface area contributed by atoms with Gasteiger partial charge in [-0.25, -0.2) is 0 Å². The fourth-order valence-electron chi connectivity index (χ4n) is 2.73. The lowest BCUT2D eigenvalue weighted by molar-refractivity contribution is 1.06. The molecule has 0 saturated heterocycles. The summed E-state index contributed by atoms with van der Waals surface area (Å²) in [4.78, 5) is 0. The lowest BCUT2D eigenvalue weighted by atomic mass is 10.2. The Morgan fingerprint density at radius 3 is 1.90 bits per heavy atom. The van der Waals surface area contributed by atoms with E-state index in [1.54, 1.807) is 5.57 Å². The van der Waals surface area contributed by atoms with Crippen LogP contribution in [0.1, 0.15) is 13.3 Å². The fourth-order valence-corrected chi connectivity index (χ4v) is 5.53. The molecule has 1 aliphatic carbocycles. The zero-order valence-corrected chi connectivity index (χ0v) is 12.6. The molecule has 1 atom stereocenters. The quantitative estimate of drug-likeness (QED) is 0.727. The Morgan fingerprint density at radius 1 is 0.850 bits per heavy atom. The van der Waals surface area contributed by atoms with Crippen LogP contribution < -0.4 is 10.6 Å². The minimum atomic E-state index is -0.352. The molecule has 0 radical (unpaired) electrons. The summed E-state index contributed by atoms with van der Waals surface area (Å²) in [6, 6.07) is 21.9. The Labute approximate surface area is 122 Å². The number of rotatable bonds is 4. The van der Waals surface area contributed by atoms with Crippen molar-refractivity contribution in [3.05, 3.63) is 84.5 Å².